The van der Waals surface area contributed by atoms with Gasteiger partial charge >= 0.3 is 0 Å². The molecule has 0 amide bonds. The van der Waals surface area contributed by atoms with E-state index in [0.717, 1.165) is 27.5 Å². The Morgan fingerprint density at radius 3 is 1.25 bits per heavy atom. The maximum absolute atomic E-state index is 6.30. The van der Waals surface area contributed by atoms with Crippen molar-refractivity contribution in [3.05, 3.63) is 194 Å². The first kappa shape index (κ1) is 30.3. The molecule has 1 heterocycles. The predicted octanol–water partition coefficient (Wildman–Crippen LogP) is 15.5. The van der Waals surface area contributed by atoms with Gasteiger partial charge in [-0.1, -0.05) is 164 Å². The Hall–Kier alpha value is -7.22. The van der Waals surface area contributed by atoms with Crippen LogP contribution in [0, 0.1) is 0 Å². The topological polar surface area (TPSA) is 13.1 Å². The molecule has 0 aliphatic heterocycles. The van der Waals surface area contributed by atoms with E-state index in [1.54, 1.807) is 0 Å². The minimum absolute atomic E-state index is 0.914. The fourth-order valence-electron chi connectivity index (χ4n) is 9.34. The zero-order valence-corrected chi connectivity index (χ0v) is 29.9. The van der Waals surface area contributed by atoms with Gasteiger partial charge in [0.25, 0.3) is 0 Å². The Labute approximate surface area is 317 Å². The third-order valence-electron chi connectivity index (χ3n) is 11.8. The summed E-state index contributed by atoms with van der Waals surface area (Å²) in [6.07, 6.45) is 0. The third kappa shape index (κ3) is 4.48. The highest BCUT2D eigenvalue weighted by molar-refractivity contribution is 6.39. The highest BCUT2D eigenvalue weighted by Crippen LogP contribution is 2.46. The SMILES string of the molecule is c1ccc(-c2ccc3c(c2)c2ccccc2c2c4ccc(-c5ccc(-c6ccc7c(c6)oc6ccccc67)c6ccccc56)cc4c4ccccc4c32)cc1. The van der Waals surface area contributed by atoms with Crippen molar-refractivity contribution in [1.82, 2.24) is 0 Å². The molecule has 0 N–H and O–H groups in total. The maximum Gasteiger partial charge on any atom is 0.136 e. The molecule has 254 valence electrons. The normalized spacial score (nSPS) is 12.0. The molecule has 1 nitrogen and oxygen atoms in total. The van der Waals surface area contributed by atoms with E-state index in [2.05, 4.69) is 182 Å². The van der Waals surface area contributed by atoms with Crippen LogP contribution in [0.15, 0.2) is 199 Å². The Morgan fingerprint density at radius 1 is 0.218 bits per heavy atom. The van der Waals surface area contributed by atoms with Crippen molar-refractivity contribution in [3.63, 3.8) is 0 Å². The number of para-hydroxylation sites is 1. The van der Waals surface area contributed by atoms with E-state index in [4.69, 9.17) is 4.42 Å². The molecular weight excluding hydrogens is 665 g/mol. The third-order valence-corrected chi connectivity index (χ3v) is 11.8. The first-order valence-corrected chi connectivity index (χ1v) is 19.0. The Morgan fingerprint density at radius 2 is 0.636 bits per heavy atom. The number of furan rings is 1. The summed E-state index contributed by atoms with van der Waals surface area (Å²) in [6.45, 7) is 0. The first-order chi connectivity index (χ1) is 27.3. The van der Waals surface area contributed by atoms with Crippen LogP contribution in [0.25, 0.3) is 120 Å². The molecule has 0 saturated carbocycles. The van der Waals surface area contributed by atoms with Crippen LogP contribution >= 0.6 is 0 Å². The summed E-state index contributed by atoms with van der Waals surface area (Å²) >= 11 is 0. The van der Waals surface area contributed by atoms with Gasteiger partial charge < -0.3 is 4.42 Å². The molecule has 0 atom stereocenters. The summed E-state index contributed by atoms with van der Waals surface area (Å²) in [5, 5.41) is 17.7. The number of fused-ring (bicyclic) bond motifs is 15. The molecule has 0 aliphatic rings. The molecular formula is C54H32O. The summed E-state index contributed by atoms with van der Waals surface area (Å²) in [5.41, 5.74) is 9.10. The number of benzene rings is 11. The zero-order valence-electron chi connectivity index (χ0n) is 29.9. The molecule has 0 saturated heterocycles. The quantitative estimate of drug-likeness (QED) is 0.168. The van der Waals surface area contributed by atoms with Crippen LogP contribution in [0.1, 0.15) is 0 Å². The van der Waals surface area contributed by atoms with Crippen molar-refractivity contribution in [2.45, 2.75) is 0 Å². The first-order valence-electron chi connectivity index (χ1n) is 19.0. The molecule has 0 spiro atoms. The highest BCUT2D eigenvalue weighted by Gasteiger charge is 2.18. The van der Waals surface area contributed by atoms with Crippen LogP contribution in [-0.2, 0) is 0 Å². The van der Waals surface area contributed by atoms with Crippen molar-refractivity contribution in [3.8, 4) is 33.4 Å². The Kier molecular flexibility index (Phi) is 6.40. The van der Waals surface area contributed by atoms with E-state index in [9.17, 15) is 0 Å². The second-order valence-electron chi connectivity index (χ2n) is 14.7. The van der Waals surface area contributed by atoms with Crippen LogP contribution in [0.5, 0.6) is 0 Å². The average Bonchev–Trinajstić information content (AvgIpc) is 3.64. The van der Waals surface area contributed by atoms with Crippen LogP contribution in [0.4, 0.5) is 0 Å². The summed E-state index contributed by atoms with van der Waals surface area (Å²) in [6, 6.07) is 71.1. The van der Waals surface area contributed by atoms with Crippen molar-refractivity contribution in [2.75, 3.05) is 0 Å². The largest absolute Gasteiger partial charge is 0.456 e. The van der Waals surface area contributed by atoms with E-state index >= 15 is 0 Å². The monoisotopic (exact) mass is 696 g/mol. The summed E-state index contributed by atoms with van der Waals surface area (Å²) in [4.78, 5) is 0. The van der Waals surface area contributed by atoms with Crippen LogP contribution in [0.2, 0.25) is 0 Å². The molecule has 0 radical (unpaired) electrons. The van der Waals surface area contributed by atoms with E-state index in [1.807, 2.05) is 12.1 Å². The van der Waals surface area contributed by atoms with Gasteiger partial charge in [0.2, 0.25) is 0 Å². The lowest BCUT2D eigenvalue weighted by molar-refractivity contribution is 0.669. The Bertz CT molecular complexity index is 3530. The lowest BCUT2D eigenvalue weighted by atomic mass is 9.85. The fraction of sp³-hybridized carbons (Fsp3) is 0. The minimum atomic E-state index is 0.914. The molecule has 55 heavy (non-hydrogen) atoms. The van der Waals surface area contributed by atoms with E-state index in [-0.39, 0.29) is 0 Å². The second kappa shape index (κ2) is 11.6. The molecule has 0 bridgehead atoms. The lowest BCUT2D eigenvalue weighted by Gasteiger charge is -2.18. The summed E-state index contributed by atoms with van der Waals surface area (Å²) in [5.74, 6) is 0. The van der Waals surface area contributed by atoms with Gasteiger partial charge in [-0.15, -0.1) is 0 Å². The van der Waals surface area contributed by atoms with Gasteiger partial charge in [0.1, 0.15) is 11.2 Å². The van der Waals surface area contributed by atoms with E-state index in [0.29, 0.717) is 0 Å². The molecule has 0 unspecified atom stereocenters. The standard InChI is InChI=1S/C54H32O/c1-2-12-33(13-3-1)34-22-26-47-49(30-34)41-16-6-8-19-45(41)54-48-27-24-35(31-50(48)42-17-7-9-20-46(42)53(47)54)37-28-29-38(40-15-5-4-14-39(37)40)36-23-25-44-43-18-10-11-21-51(43)55-52(44)32-36/h1-32H. The molecule has 0 fully saturated rings. The molecule has 12 aromatic rings. The summed E-state index contributed by atoms with van der Waals surface area (Å²) < 4.78 is 6.30. The maximum atomic E-state index is 6.30. The van der Waals surface area contributed by atoms with Gasteiger partial charge in [-0.25, -0.2) is 0 Å². The fourth-order valence-corrected chi connectivity index (χ4v) is 9.34. The predicted molar refractivity (Wildman–Crippen MR) is 235 cm³/mol. The average molecular weight is 697 g/mol. The van der Waals surface area contributed by atoms with Gasteiger partial charge in [-0.3, -0.25) is 0 Å². The van der Waals surface area contributed by atoms with E-state index < -0.39 is 0 Å². The smallest absolute Gasteiger partial charge is 0.136 e. The highest BCUT2D eigenvalue weighted by atomic mass is 16.3. The van der Waals surface area contributed by atoms with Crippen LogP contribution in [-0.4, -0.2) is 0 Å². The number of rotatable bonds is 3. The number of hydrogen-bond acceptors (Lipinski definition) is 1. The van der Waals surface area contributed by atoms with Gasteiger partial charge in [0.15, 0.2) is 0 Å². The van der Waals surface area contributed by atoms with Crippen LogP contribution < -0.4 is 0 Å². The molecule has 0 aliphatic carbocycles. The van der Waals surface area contributed by atoms with Crippen LogP contribution in [0.3, 0.4) is 0 Å². The van der Waals surface area contributed by atoms with E-state index in [1.165, 1.54) is 92.5 Å². The van der Waals surface area contributed by atoms with Gasteiger partial charge in [-0.2, -0.15) is 0 Å². The van der Waals surface area contributed by atoms with Gasteiger partial charge in [-0.05, 0) is 128 Å². The minimum Gasteiger partial charge on any atom is -0.456 e. The second-order valence-corrected chi connectivity index (χ2v) is 14.7. The van der Waals surface area contributed by atoms with Crippen molar-refractivity contribution >= 4 is 86.6 Å². The lowest BCUT2D eigenvalue weighted by Crippen LogP contribution is -1.90. The molecule has 1 aromatic heterocycles. The van der Waals surface area contributed by atoms with Crippen molar-refractivity contribution in [2.24, 2.45) is 0 Å². The molecule has 11 aromatic carbocycles. The van der Waals surface area contributed by atoms with Gasteiger partial charge in [0, 0.05) is 10.8 Å². The number of hydrogen-bond donors (Lipinski definition) is 0. The van der Waals surface area contributed by atoms with Gasteiger partial charge in [0.05, 0.1) is 0 Å². The molecule has 1 heteroatoms. The zero-order chi connectivity index (χ0) is 36.0. The van der Waals surface area contributed by atoms with Crippen molar-refractivity contribution in [1.29, 1.82) is 0 Å². The molecule has 12 rings (SSSR count). The van der Waals surface area contributed by atoms with Crippen molar-refractivity contribution < 1.29 is 4.42 Å². The Balaban J connectivity index is 1.09. The summed E-state index contributed by atoms with van der Waals surface area (Å²) in [7, 11) is 0.